The lowest BCUT2D eigenvalue weighted by atomic mass is 10.1. The Morgan fingerprint density at radius 3 is 2.38 bits per heavy atom. The molecule has 1 saturated heterocycles. The summed E-state index contributed by atoms with van der Waals surface area (Å²) in [7, 11) is 0. The smallest absolute Gasteiger partial charge is 0.216 e. The van der Waals surface area contributed by atoms with Crippen molar-refractivity contribution in [2.45, 2.75) is 31.2 Å². The van der Waals surface area contributed by atoms with Crippen molar-refractivity contribution in [3.05, 3.63) is 0 Å². The summed E-state index contributed by atoms with van der Waals surface area (Å²) in [6.45, 7) is 1.38. The number of rotatable bonds is 4. The van der Waals surface area contributed by atoms with Crippen LogP contribution in [0, 0.1) is 0 Å². The molecule has 0 aromatic rings. The van der Waals surface area contributed by atoms with E-state index in [9.17, 15) is 15.0 Å². The van der Waals surface area contributed by atoms with E-state index < -0.39 is 24.3 Å². The molecule has 16 heavy (non-hydrogen) atoms. The van der Waals surface area contributed by atoms with Gasteiger partial charge < -0.3 is 26.4 Å². The zero-order chi connectivity index (χ0) is 12.3. The summed E-state index contributed by atoms with van der Waals surface area (Å²) in [6, 6.07) is -1.06. The summed E-state index contributed by atoms with van der Waals surface area (Å²) in [5, 5.41) is 31.1. The van der Waals surface area contributed by atoms with E-state index in [-0.39, 0.29) is 25.7 Å². The molecule has 0 radical (unpaired) electrons. The lowest BCUT2D eigenvalue weighted by Crippen LogP contribution is -2.49. The van der Waals surface area contributed by atoms with Crippen molar-refractivity contribution in [2.75, 3.05) is 19.8 Å². The Morgan fingerprint density at radius 2 is 1.94 bits per heavy atom. The molecule has 7 nitrogen and oxygen atoms in total. The summed E-state index contributed by atoms with van der Waals surface area (Å²) < 4.78 is 0. The van der Waals surface area contributed by atoms with Gasteiger partial charge in [0, 0.05) is 20.1 Å². The third-order valence-corrected chi connectivity index (χ3v) is 2.95. The van der Waals surface area contributed by atoms with Gasteiger partial charge in [0.15, 0.2) is 0 Å². The van der Waals surface area contributed by atoms with E-state index in [4.69, 9.17) is 10.8 Å². The molecule has 4 atom stereocenters. The van der Waals surface area contributed by atoms with Gasteiger partial charge in [0.1, 0.15) is 0 Å². The summed E-state index contributed by atoms with van der Waals surface area (Å²) in [4.78, 5) is 12.4. The standard InChI is InChI=1S/C9H19N3O4/c1-5(14)11-2-6-8(15)9(16)7(3-13)12(6)4-10/h6-9,13,15-16H,2-4,10H2,1H3,(H,11,14)/t6-,7?,8?,9-/m1/s1. The molecule has 1 aliphatic heterocycles. The zero-order valence-corrected chi connectivity index (χ0v) is 9.21. The minimum atomic E-state index is -1.05. The molecule has 0 saturated carbocycles. The molecule has 0 spiro atoms. The molecule has 1 aliphatic rings. The maximum Gasteiger partial charge on any atom is 0.216 e. The predicted octanol–water partition coefficient (Wildman–Crippen LogP) is -3.19. The average molecular weight is 233 g/mol. The van der Waals surface area contributed by atoms with E-state index >= 15 is 0 Å². The topological polar surface area (TPSA) is 119 Å². The number of nitrogens with zero attached hydrogens (tertiary/aromatic N) is 1. The normalized spacial score (nSPS) is 35.3. The van der Waals surface area contributed by atoms with Gasteiger partial charge in [-0.25, -0.2) is 0 Å². The highest BCUT2D eigenvalue weighted by molar-refractivity contribution is 5.72. The van der Waals surface area contributed by atoms with Crippen molar-refractivity contribution in [1.82, 2.24) is 10.2 Å². The predicted molar refractivity (Wildman–Crippen MR) is 56.3 cm³/mol. The molecule has 7 heteroatoms. The lowest BCUT2D eigenvalue weighted by Gasteiger charge is -2.27. The van der Waals surface area contributed by atoms with Crippen LogP contribution in [-0.4, -0.2) is 70.2 Å². The molecule has 2 unspecified atom stereocenters. The average Bonchev–Trinajstić information content (AvgIpc) is 2.48. The highest BCUT2D eigenvalue weighted by Gasteiger charge is 2.46. The number of hydrogen-bond donors (Lipinski definition) is 5. The van der Waals surface area contributed by atoms with Gasteiger partial charge in [-0.2, -0.15) is 0 Å². The van der Waals surface area contributed by atoms with Crippen LogP contribution < -0.4 is 11.1 Å². The Kier molecular flexibility index (Phi) is 4.63. The third kappa shape index (κ3) is 2.50. The van der Waals surface area contributed by atoms with Crippen molar-refractivity contribution in [3.8, 4) is 0 Å². The molecular weight excluding hydrogens is 214 g/mol. The van der Waals surface area contributed by atoms with E-state index in [0.717, 1.165) is 0 Å². The van der Waals surface area contributed by atoms with Crippen LogP contribution in [-0.2, 0) is 4.79 Å². The van der Waals surface area contributed by atoms with Crippen LogP contribution in [0.25, 0.3) is 0 Å². The van der Waals surface area contributed by atoms with Gasteiger partial charge in [-0.1, -0.05) is 0 Å². The van der Waals surface area contributed by atoms with Crippen molar-refractivity contribution in [1.29, 1.82) is 0 Å². The first kappa shape index (κ1) is 13.3. The van der Waals surface area contributed by atoms with E-state index in [1.54, 1.807) is 4.90 Å². The Morgan fingerprint density at radius 1 is 1.38 bits per heavy atom. The molecule has 0 aromatic carbocycles. The molecule has 1 heterocycles. The molecule has 0 aromatic heterocycles. The highest BCUT2D eigenvalue weighted by atomic mass is 16.3. The van der Waals surface area contributed by atoms with Crippen LogP contribution in [0.3, 0.4) is 0 Å². The molecule has 94 valence electrons. The fourth-order valence-corrected chi connectivity index (χ4v) is 2.06. The number of aliphatic hydroxyl groups is 3. The van der Waals surface area contributed by atoms with E-state index in [1.165, 1.54) is 6.92 Å². The van der Waals surface area contributed by atoms with Crippen LogP contribution in [0.2, 0.25) is 0 Å². The SMILES string of the molecule is CC(=O)NC[C@@H]1C(O)[C@H](O)C(CO)N1CN. The zero-order valence-electron chi connectivity index (χ0n) is 9.21. The Balaban J connectivity index is 2.69. The minimum Gasteiger partial charge on any atom is -0.395 e. The number of hydrogen-bond acceptors (Lipinski definition) is 6. The maximum atomic E-state index is 10.8. The lowest BCUT2D eigenvalue weighted by molar-refractivity contribution is -0.119. The largest absolute Gasteiger partial charge is 0.395 e. The first-order chi connectivity index (χ1) is 7.52. The molecular formula is C9H19N3O4. The van der Waals surface area contributed by atoms with Crippen LogP contribution in [0.5, 0.6) is 0 Å². The second kappa shape index (κ2) is 5.55. The maximum absolute atomic E-state index is 10.8. The van der Waals surface area contributed by atoms with Gasteiger partial charge in [-0.3, -0.25) is 9.69 Å². The van der Waals surface area contributed by atoms with Gasteiger partial charge in [0.2, 0.25) is 5.91 Å². The van der Waals surface area contributed by atoms with Crippen LogP contribution in [0.15, 0.2) is 0 Å². The van der Waals surface area contributed by atoms with E-state index in [0.29, 0.717) is 0 Å². The summed E-state index contributed by atoms with van der Waals surface area (Å²) in [5.74, 6) is -0.217. The van der Waals surface area contributed by atoms with Gasteiger partial charge in [0.25, 0.3) is 0 Å². The van der Waals surface area contributed by atoms with Crippen LogP contribution >= 0.6 is 0 Å². The van der Waals surface area contributed by atoms with E-state index in [1.807, 2.05) is 0 Å². The number of carbonyl (C=O) groups is 1. The van der Waals surface area contributed by atoms with Gasteiger partial charge in [-0.05, 0) is 0 Å². The molecule has 6 N–H and O–H groups in total. The second-order valence-corrected chi connectivity index (χ2v) is 3.93. The number of nitrogens with one attached hydrogen (secondary N) is 1. The molecule has 0 aliphatic carbocycles. The summed E-state index contributed by atoms with van der Waals surface area (Å²) >= 11 is 0. The summed E-state index contributed by atoms with van der Waals surface area (Å²) in [6.07, 6.45) is -2.07. The third-order valence-electron chi connectivity index (χ3n) is 2.95. The number of nitrogens with two attached hydrogens (primary N) is 1. The van der Waals surface area contributed by atoms with Crippen LogP contribution in [0.1, 0.15) is 6.92 Å². The molecule has 1 fully saturated rings. The van der Waals surface area contributed by atoms with Crippen molar-refractivity contribution < 1.29 is 20.1 Å². The minimum absolute atomic E-state index is 0.101. The fourth-order valence-electron chi connectivity index (χ4n) is 2.06. The Bertz CT molecular complexity index is 251. The Labute approximate surface area is 93.8 Å². The van der Waals surface area contributed by atoms with Crippen molar-refractivity contribution in [3.63, 3.8) is 0 Å². The van der Waals surface area contributed by atoms with Crippen molar-refractivity contribution >= 4 is 5.91 Å². The first-order valence-corrected chi connectivity index (χ1v) is 5.20. The number of likely N-dealkylation sites (tertiary alicyclic amines) is 1. The highest BCUT2D eigenvalue weighted by Crippen LogP contribution is 2.23. The quantitative estimate of drug-likeness (QED) is 0.349. The second-order valence-electron chi connectivity index (χ2n) is 3.93. The first-order valence-electron chi connectivity index (χ1n) is 5.20. The molecule has 1 amide bonds. The van der Waals surface area contributed by atoms with Gasteiger partial charge in [0.05, 0.1) is 30.9 Å². The fraction of sp³-hybridized carbons (Fsp3) is 0.889. The van der Waals surface area contributed by atoms with Gasteiger partial charge in [-0.15, -0.1) is 0 Å². The molecule has 0 bridgehead atoms. The number of amides is 1. The Hall–Kier alpha value is -0.730. The number of carbonyl (C=O) groups excluding carboxylic acids is 1. The van der Waals surface area contributed by atoms with Gasteiger partial charge >= 0.3 is 0 Å². The van der Waals surface area contributed by atoms with E-state index in [2.05, 4.69) is 5.32 Å². The molecule has 1 rings (SSSR count). The van der Waals surface area contributed by atoms with Crippen LogP contribution in [0.4, 0.5) is 0 Å². The monoisotopic (exact) mass is 233 g/mol. The summed E-state index contributed by atoms with van der Waals surface area (Å²) in [5.41, 5.74) is 5.50. The van der Waals surface area contributed by atoms with Crippen molar-refractivity contribution in [2.24, 2.45) is 5.73 Å². The number of aliphatic hydroxyl groups excluding tert-OH is 3.